The van der Waals surface area contributed by atoms with E-state index in [4.69, 9.17) is 23.2 Å². The fraction of sp³-hybridized carbons (Fsp3) is 0.231. The van der Waals surface area contributed by atoms with Gasteiger partial charge in [-0.15, -0.1) is 11.3 Å². The van der Waals surface area contributed by atoms with Crippen molar-refractivity contribution in [2.24, 2.45) is 0 Å². The van der Waals surface area contributed by atoms with Crippen molar-refractivity contribution in [2.75, 3.05) is 7.05 Å². The first kappa shape index (κ1) is 14.4. The average Bonchev–Trinajstić information content (AvgIpc) is 2.64. The lowest BCUT2D eigenvalue weighted by Gasteiger charge is -2.16. The van der Waals surface area contributed by atoms with Crippen LogP contribution in [0.5, 0.6) is 0 Å². The summed E-state index contributed by atoms with van der Waals surface area (Å²) in [6.45, 7) is 2.10. The van der Waals surface area contributed by atoms with Crippen molar-refractivity contribution in [3.05, 3.63) is 54.1 Å². The fourth-order valence-electron chi connectivity index (χ4n) is 1.84. The molecule has 2 rings (SSSR count). The molecule has 0 saturated carbocycles. The lowest BCUT2D eigenvalue weighted by atomic mass is 10.1. The summed E-state index contributed by atoms with van der Waals surface area (Å²) in [6.07, 6.45) is 0. The van der Waals surface area contributed by atoms with E-state index in [-0.39, 0.29) is 6.04 Å². The highest BCUT2D eigenvalue weighted by molar-refractivity contribution is 9.10. The van der Waals surface area contributed by atoms with E-state index in [1.54, 1.807) is 11.3 Å². The summed E-state index contributed by atoms with van der Waals surface area (Å²) in [5.74, 6) is 0. The van der Waals surface area contributed by atoms with E-state index in [0.29, 0.717) is 10.0 Å². The Balaban J connectivity index is 2.45. The Labute approximate surface area is 129 Å². The molecule has 0 fully saturated rings. The van der Waals surface area contributed by atoms with Crippen LogP contribution in [0.3, 0.4) is 0 Å². The van der Waals surface area contributed by atoms with Gasteiger partial charge in [0, 0.05) is 14.2 Å². The Morgan fingerprint density at radius 2 is 1.94 bits per heavy atom. The van der Waals surface area contributed by atoms with Crippen molar-refractivity contribution >= 4 is 50.5 Å². The van der Waals surface area contributed by atoms with E-state index >= 15 is 0 Å². The minimum Gasteiger partial charge on any atom is -0.309 e. The molecule has 1 nitrogen and oxygen atoms in total. The number of halogens is 3. The molecule has 5 heteroatoms. The summed E-state index contributed by atoms with van der Waals surface area (Å²) in [6, 6.07) is 7.98. The first-order chi connectivity index (χ1) is 8.52. The van der Waals surface area contributed by atoms with Crippen LogP contribution in [0.4, 0.5) is 0 Å². The van der Waals surface area contributed by atoms with Gasteiger partial charge < -0.3 is 5.32 Å². The van der Waals surface area contributed by atoms with E-state index in [1.807, 2.05) is 25.2 Å². The van der Waals surface area contributed by atoms with Gasteiger partial charge in [-0.2, -0.15) is 0 Å². The van der Waals surface area contributed by atoms with Gasteiger partial charge in [-0.3, -0.25) is 0 Å². The van der Waals surface area contributed by atoms with Crippen molar-refractivity contribution in [1.29, 1.82) is 0 Å². The molecule has 0 spiro atoms. The van der Waals surface area contributed by atoms with Crippen LogP contribution < -0.4 is 5.32 Å². The van der Waals surface area contributed by atoms with Crippen LogP contribution in [0.1, 0.15) is 21.4 Å². The van der Waals surface area contributed by atoms with Crippen molar-refractivity contribution < 1.29 is 0 Å². The van der Waals surface area contributed by atoms with Crippen LogP contribution in [0.2, 0.25) is 10.0 Å². The molecule has 96 valence electrons. The van der Waals surface area contributed by atoms with Gasteiger partial charge in [0.1, 0.15) is 0 Å². The minimum absolute atomic E-state index is 0.118. The van der Waals surface area contributed by atoms with Crippen LogP contribution >= 0.6 is 50.5 Å². The summed E-state index contributed by atoms with van der Waals surface area (Å²) < 4.78 is 1.12. The van der Waals surface area contributed by atoms with Gasteiger partial charge in [0.05, 0.1) is 16.1 Å². The van der Waals surface area contributed by atoms with Gasteiger partial charge in [-0.25, -0.2) is 0 Å². The standard InChI is InChI=1S/C13H12BrCl2NS/c1-7-5-9(14)13(18-7)12(17-2)8-3-4-10(15)11(16)6-8/h3-6,12,17H,1-2H3. The lowest BCUT2D eigenvalue weighted by molar-refractivity contribution is 0.701. The number of aryl methyl sites for hydroxylation is 1. The van der Waals surface area contributed by atoms with E-state index in [2.05, 4.69) is 34.2 Å². The Hall–Kier alpha value is -0.0600. The van der Waals surface area contributed by atoms with E-state index in [0.717, 1.165) is 10.0 Å². The lowest BCUT2D eigenvalue weighted by Crippen LogP contribution is -2.16. The number of hydrogen-bond acceptors (Lipinski definition) is 2. The van der Waals surface area contributed by atoms with E-state index in [1.165, 1.54) is 9.75 Å². The van der Waals surface area contributed by atoms with Crippen LogP contribution in [-0.2, 0) is 0 Å². The van der Waals surface area contributed by atoms with E-state index < -0.39 is 0 Å². The molecule has 0 aliphatic heterocycles. The molecule has 1 aromatic heterocycles. The van der Waals surface area contributed by atoms with Crippen molar-refractivity contribution in [3.8, 4) is 0 Å². The molecule has 0 radical (unpaired) electrons. The molecule has 2 aromatic rings. The molecular formula is C13H12BrCl2NS. The van der Waals surface area contributed by atoms with Crippen molar-refractivity contribution in [3.63, 3.8) is 0 Å². The average molecular weight is 365 g/mol. The second kappa shape index (κ2) is 5.93. The number of thiophene rings is 1. The summed E-state index contributed by atoms with van der Waals surface area (Å²) >= 11 is 17.4. The van der Waals surface area contributed by atoms with Gasteiger partial charge >= 0.3 is 0 Å². The Kier molecular flexibility index (Phi) is 4.73. The molecule has 18 heavy (non-hydrogen) atoms. The molecule has 1 unspecified atom stereocenters. The molecule has 0 saturated heterocycles. The van der Waals surface area contributed by atoms with Gasteiger partial charge in [0.2, 0.25) is 0 Å². The second-order valence-corrected chi connectivity index (χ2v) is 6.92. The summed E-state index contributed by atoms with van der Waals surface area (Å²) in [5.41, 5.74) is 1.11. The first-order valence-electron chi connectivity index (χ1n) is 5.41. The normalized spacial score (nSPS) is 12.7. The second-order valence-electron chi connectivity index (χ2n) is 3.96. The Morgan fingerprint density at radius 3 is 2.44 bits per heavy atom. The predicted molar refractivity (Wildman–Crippen MR) is 84.1 cm³/mol. The first-order valence-corrected chi connectivity index (χ1v) is 7.77. The van der Waals surface area contributed by atoms with Crippen LogP contribution in [-0.4, -0.2) is 7.05 Å². The molecule has 1 aromatic carbocycles. The SMILES string of the molecule is CNC(c1ccc(Cl)c(Cl)c1)c1sc(C)cc1Br. The van der Waals surface area contributed by atoms with Crippen LogP contribution in [0.25, 0.3) is 0 Å². The molecule has 0 amide bonds. The Bertz CT molecular complexity index is 568. The number of benzene rings is 1. The number of nitrogens with one attached hydrogen (secondary N) is 1. The van der Waals surface area contributed by atoms with Gasteiger partial charge in [-0.1, -0.05) is 29.3 Å². The summed E-state index contributed by atoms with van der Waals surface area (Å²) in [4.78, 5) is 2.52. The highest BCUT2D eigenvalue weighted by Crippen LogP contribution is 2.36. The minimum atomic E-state index is 0.118. The van der Waals surface area contributed by atoms with Crippen molar-refractivity contribution in [1.82, 2.24) is 5.32 Å². The van der Waals surface area contributed by atoms with Gasteiger partial charge in [0.25, 0.3) is 0 Å². The van der Waals surface area contributed by atoms with Gasteiger partial charge in [0.15, 0.2) is 0 Å². The third-order valence-electron chi connectivity index (χ3n) is 2.66. The number of hydrogen-bond donors (Lipinski definition) is 1. The molecular weight excluding hydrogens is 353 g/mol. The highest BCUT2D eigenvalue weighted by Gasteiger charge is 2.18. The third kappa shape index (κ3) is 2.91. The van der Waals surface area contributed by atoms with Gasteiger partial charge in [-0.05, 0) is 53.7 Å². The maximum atomic E-state index is 6.08. The predicted octanol–water partition coefficient (Wildman–Crippen LogP) is 5.43. The van der Waals surface area contributed by atoms with Crippen LogP contribution in [0.15, 0.2) is 28.7 Å². The zero-order chi connectivity index (χ0) is 13.3. The molecule has 0 aliphatic rings. The van der Waals surface area contributed by atoms with E-state index in [9.17, 15) is 0 Å². The number of rotatable bonds is 3. The zero-order valence-corrected chi connectivity index (χ0v) is 13.8. The zero-order valence-electron chi connectivity index (χ0n) is 9.93. The third-order valence-corrected chi connectivity index (χ3v) is 5.44. The van der Waals surface area contributed by atoms with Crippen molar-refractivity contribution in [2.45, 2.75) is 13.0 Å². The monoisotopic (exact) mass is 363 g/mol. The quantitative estimate of drug-likeness (QED) is 0.765. The topological polar surface area (TPSA) is 12.0 Å². The largest absolute Gasteiger partial charge is 0.309 e. The summed E-state index contributed by atoms with van der Waals surface area (Å²) in [7, 11) is 1.94. The molecule has 0 bridgehead atoms. The fourth-order valence-corrected chi connectivity index (χ4v) is 4.16. The maximum Gasteiger partial charge on any atom is 0.0680 e. The maximum absolute atomic E-state index is 6.08. The highest BCUT2D eigenvalue weighted by atomic mass is 79.9. The summed E-state index contributed by atoms with van der Waals surface area (Å²) in [5, 5.41) is 4.48. The Morgan fingerprint density at radius 1 is 1.22 bits per heavy atom. The molecule has 1 atom stereocenters. The molecule has 1 heterocycles. The molecule has 1 N–H and O–H groups in total. The molecule has 0 aliphatic carbocycles. The smallest absolute Gasteiger partial charge is 0.0680 e. The van der Waals surface area contributed by atoms with Crippen LogP contribution in [0, 0.1) is 6.92 Å².